The van der Waals surface area contributed by atoms with Gasteiger partial charge in [0.15, 0.2) is 0 Å². The maximum atomic E-state index is 9.58. The Kier molecular flexibility index (Phi) is 7.61. The largest absolute Gasteiger partial charge is 0.390 e. The Morgan fingerprint density at radius 2 is 1.87 bits per heavy atom. The highest BCUT2D eigenvalue weighted by Gasteiger charge is 2.09. The summed E-state index contributed by atoms with van der Waals surface area (Å²) < 4.78 is 6.31. The minimum Gasteiger partial charge on any atom is -0.390 e. The molecule has 0 aliphatic carbocycles. The lowest BCUT2D eigenvalue weighted by molar-refractivity contribution is -0.867. The molecule has 0 radical (unpaired) electrons. The highest BCUT2D eigenvalue weighted by Crippen LogP contribution is 2.06. The van der Waals surface area contributed by atoms with Gasteiger partial charge in [0, 0.05) is 11.5 Å². The van der Waals surface area contributed by atoms with Crippen LogP contribution in [0.15, 0.2) is 0 Å². The van der Waals surface area contributed by atoms with Gasteiger partial charge in [0.1, 0.15) is 0 Å². The summed E-state index contributed by atoms with van der Waals surface area (Å²) in [7, 11) is 6.54. The number of rotatable bonds is 8. The first kappa shape index (κ1) is 15.2. The number of aliphatic hydroxyl groups is 1. The summed E-state index contributed by atoms with van der Waals surface area (Å²) in [4.78, 5) is 0. The first-order valence-corrected chi connectivity index (χ1v) is 6.64. The monoisotopic (exact) mass is 236 g/mol. The lowest BCUT2D eigenvalue weighted by Crippen LogP contribution is -2.36. The van der Waals surface area contributed by atoms with Gasteiger partial charge in [-0.2, -0.15) is 11.8 Å². The van der Waals surface area contributed by atoms with Crippen molar-refractivity contribution in [1.29, 1.82) is 0 Å². The Hall–Kier alpha value is 0.230. The molecule has 0 aromatic carbocycles. The van der Waals surface area contributed by atoms with Crippen LogP contribution in [0.25, 0.3) is 0 Å². The van der Waals surface area contributed by atoms with E-state index in [1.807, 2.05) is 13.8 Å². The van der Waals surface area contributed by atoms with Crippen molar-refractivity contribution in [3.8, 4) is 0 Å². The van der Waals surface area contributed by atoms with Crippen molar-refractivity contribution in [1.82, 2.24) is 0 Å². The average molecular weight is 236 g/mol. The summed E-state index contributed by atoms with van der Waals surface area (Å²) in [5.41, 5.74) is 0. The summed E-state index contributed by atoms with van der Waals surface area (Å²) in [5, 5.41) is 9.58. The third-order valence-corrected chi connectivity index (χ3v) is 2.93. The zero-order chi connectivity index (χ0) is 11.9. The summed E-state index contributed by atoms with van der Waals surface area (Å²) in [6.45, 7) is 5.55. The van der Waals surface area contributed by atoms with Gasteiger partial charge >= 0.3 is 0 Å². The van der Waals surface area contributed by atoms with Crippen LogP contribution in [0.3, 0.4) is 0 Å². The van der Waals surface area contributed by atoms with Gasteiger partial charge in [-0.1, -0.05) is 0 Å². The van der Waals surface area contributed by atoms with Crippen LogP contribution >= 0.6 is 11.8 Å². The fraction of sp³-hybridized carbons (Fsp3) is 1.00. The van der Waals surface area contributed by atoms with Gasteiger partial charge in [-0.05, 0) is 13.8 Å². The second kappa shape index (κ2) is 7.49. The molecule has 4 heteroatoms. The molecule has 0 spiro atoms. The van der Waals surface area contributed by atoms with Gasteiger partial charge in [0.25, 0.3) is 0 Å². The molecule has 92 valence electrons. The van der Waals surface area contributed by atoms with Gasteiger partial charge in [-0.3, -0.25) is 0 Å². The van der Waals surface area contributed by atoms with Crippen molar-refractivity contribution >= 4 is 11.8 Å². The van der Waals surface area contributed by atoms with Crippen LogP contribution in [0.1, 0.15) is 13.8 Å². The molecule has 0 saturated carbocycles. The molecule has 0 saturated heterocycles. The third-order valence-electron chi connectivity index (χ3n) is 1.84. The molecule has 0 amide bonds. The molecule has 0 bridgehead atoms. The molecule has 3 nitrogen and oxygen atoms in total. The first-order valence-electron chi connectivity index (χ1n) is 5.49. The van der Waals surface area contributed by atoms with E-state index < -0.39 is 0 Å². The number of quaternary nitrogens is 1. The smallest absolute Gasteiger partial charge is 0.0872 e. The van der Waals surface area contributed by atoms with E-state index in [4.69, 9.17) is 4.74 Å². The SMILES string of the molecule is CC(C)OCC(O)CSCC[N+](C)(C)C. The Labute approximate surface area is 98.4 Å². The summed E-state index contributed by atoms with van der Waals surface area (Å²) in [6.07, 6.45) is -0.124. The molecular weight excluding hydrogens is 210 g/mol. The van der Waals surface area contributed by atoms with Crippen molar-refractivity contribution in [2.75, 3.05) is 45.8 Å². The minimum absolute atomic E-state index is 0.205. The summed E-state index contributed by atoms with van der Waals surface area (Å²) >= 11 is 1.79. The predicted octanol–water partition coefficient (Wildman–Crippen LogP) is 1.21. The fourth-order valence-corrected chi connectivity index (χ4v) is 2.12. The maximum absolute atomic E-state index is 9.58. The van der Waals surface area contributed by atoms with E-state index in [1.165, 1.54) is 0 Å². The Bertz CT molecular complexity index is 157. The topological polar surface area (TPSA) is 29.5 Å². The number of thioether (sulfide) groups is 1. The van der Waals surface area contributed by atoms with Gasteiger partial charge in [-0.25, -0.2) is 0 Å². The van der Waals surface area contributed by atoms with Gasteiger partial charge in [0.05, 0.1) is 46.5 Å². The van der Waals surface area contributed by atoms with Gasteiger partial charge < -0.3 is 14.3 Å². The number of hydrogen-bond donors (Lipinski definition) is 1. The Morgan fingerprint density at radius 1 is 1.27 bits per heavy atom. The van der Waals surface area contributed by atoms with E-state index in [9.17, 15) is 5.11 Å². The van der Waals surface area contributed by atoms with E-state index in [0.29, 0.717) is 6.61 Å². The molecule has 0 aliphatic rings. The number of aliphatic hydroxyl groups excluding tert-OH is 1. The predicted molar refractivity (Wildman–Crippen MR) is 67.3 cm³/mol. The van der Waals surface area contributed by atoms with Crippen molar-refractivity contribution in [2.24, 2.45) is 0 Å². The van der Waals surface area contributed by atoms with Gasteiger partial charge in [0.2, 0.25) is 0 Å². The van der Waals surface area contributed by atoms with Crippen molar-refractivity contribution in [2.45, 2.75) is 26.1 Å². The van der Waals surface area contributed by atoms with Crippen LogP contribution in [0.5, 0.6) is 0 Å². The molecule has 0 aromatic heterocycles. The van der Waals surface area contributed by atoms with Crippen molar-refractivity contribution in [3.63, 3.8) is 0 Å². The molecule has 0 fully saturated rings. The van der Waals surface area contributed by atoms with Crippen molar-refractivity contribution in [3.05, 3.63) is 0 Å². The van der Waals surface area contributed by atoms with Crippen LogP contribution in [0.4, 0.5) is 0 Å². The van der Waals surface area contributed by atoms with E-state index >= 15 is 0 Å². The Balaban J connectivity index is 3.35. The quantitative estimate of drug-likeness (QED) is 0.507. The average Bonchev–Trinajstić information content (AvgIpc) is 2.07. The number of nitrogens with zero attached hydrogens (tertiary/aromatic N) is 1. The molecule has 0 rings (SSSR count). The second-order valence-corrected chi connectivity index (χ2v) is 6.27. The molecule has 1 unspecified atom stereocenters. The number of hydrogen-bond acceptors (Lipinski definition) is 3. The molecular formula is C11H26NO2S+. The van der Waals surface area contributed by atoms with Crippen LogP contribution in [-0.4, -0.2) is 67.6 Å². The normalized spacial score (nSPS) is 14.6. The van der Waals surface area contributed by atoms with Crippen LogP contribution < -0.4 is 0 Å². The van der Waals surface area contributed by atoms with Gasteiger partial charge in [-0.15, -0.1) is 0 Å². The van der Waals surface area contributed by atoms with E-state index in [1.54, 1.807) is 11.8 Å². The molecule has 1 atom stereocenters. The van der Waals surface area contributed by atoms with Crippen LogP contribution in [0.2, 0.25) is 0 Å². The Morgan fingerprint density at radius 3 is 2.33 bits per heavy atom. The van der Waals surface area contributed by atoms with E-state index in [-0.39, 0.29) is 12.2 Å². The zero-order valence-corrected chi connectivity index (χ0v) is 11.5. The molecule has 0 aliphatic heterocycles. The fourth-order valence-electron chi connectivity index (χ4n) is 0.909. The zero-order valence-electron chi connectivity index (χ0n) is 10.7. The lowest BCUT2D eigenvalue weighted by Gasteiger charge is -2.23. The minimum atomic E-state index is -0.329. The van der Waals surface area contributed by atoms with E-state index in [2.05, 4.69) is 21.1 Å². The third kappa shape index (κ3) is 12.2. The van der Waals surface area contributed by atoms with Crippen LogP contribution in [0, 0.1) is 0 Å². The van der Waals surface area contributed by atoms with Crippen LogP contribution in [-0.2, 0) is 4.74 Å². The molecule has 15 heavy (non-hydrogen) atoms. The second-order valence-electron chi connectivity index (χ2n) is 5.12. The first-order chi connectivity index (χ1) is 6.81. The van der Waals surface area contributed by atoms with Crippen molar-refractivity contribution < 1.29 is 14.3 Å². The standard InChI is InChI=1S/C11H26NO2S/c1-10(2)14-8-11(13)9-15-7-6-12(3,4)5/h10-11,13H,6-9H2,1-5H3/q+1. The highest BCUT2D eigenvalue weighted by atomic mass is 32.2. The number of ether oxygens (including phenoxy) is 1. The highest BCUT2D eigenvalue weighted by molar-refractivity contribution is 7.99. The molecule has 0 heterocycles. The summed E-state index contributed by atoms with van der Waals surface area (Å²) in [6, 6.07) is 0. The maximum Gasteiger partial charge on any atom is 0.0872 e. The summed E-state index contributed by atoms with van der Waals surface area (Å²) in [5.74, 6) is 1.86. The van der Waals surface area contributed by atoms with E-state index in [0.717, 1.165) is 22.5 Å². The molecule has 0 aromatic rings. The lowest BCUT2D eigenvalue weighted by atomic mass is 10.4. The molecule has 1 N–H and O–H groups in total.